The normalized spacial score (nSPS) is 6.78. The second kappa shape index (κ2) is 6.39. The van der Waals surface area contributed by atoms with Crippen LogP contribution >= 0.6 is 0 Å². The maximum Gasteiger partial charge on any atom is 1.00 e. The fourth-order valence-corrected chi connectivity index (χ4v) is 0.371. The molecule has 0 atom stereocenters. The molecule has 0 saturated heterocycles. The maximum atomic E-state index is 11.9. The van der Waals surface area contributed by atoms with Crippen LogP contribution < -0.4 is 18.9 Å². The molecular formula is C6H5CuFLi. The van der Waals surface area contributed by atoms with Gasteiger partial charge in [-0.15, -0.1) is 12.1 Å². The van der Waals surface area contributed by atoms with Gasteiger partial charge >= 0.3 is 35.9 Å². The minimum absolute atomic E-state index is 0. The number of hydrogen-bond donors (Lipinski definition) is 0. The molecule has 0 aliphatic carbocycles. The van der Waals surface area contributed by atoms with E-state index >= 15 is 0 Å². The predicted molar refractivity (Wildman–Crippen MR) is 26.3 cm³/mol. The molecule has 1 aromatic carbocycles. The average Bonchev–Trinajstić information content (AvgIpc) is 1.69. The van der Waals surface area contributed by atoms with Gasteiger partial charge in [0, 0.05) is 5.82 Å². The SMILES string of the molecule is Fc1[c-]cccc1.[Cu+].[H-].[Li+]. The molecule has 0 aromatic heterocycles. The zero-order chi connectivity index (χ0) is 5.11. The van der Waals surface area contributed by atoms with Crippen molar-refractivity contribution in [2.45, 2.75) is 0 Å². The van der Waals surface area contributed by atoms with Gasteiger partial charge in [-0.05, 0) is 0 Å². The number of benzene rings is 1. The van der Waals surface area contributed by atoms with E-state index in [1.807, 2.05) is 0 Å². The zero-order valence-corrected chi connectivity index (χ0v) is 5.93. The maximum absolute atomic E-state index is 11.9. The molecule has 0 heterocycles. The standard InChI is InChI=1S/C6H4F.Cu.Li.H/c7-6-4-2-1-3-5-6;;;/h1-4H;;;/q-1;2*+1;-1. The molecular weight excluding hydrogens is 162 g/mol. The van der Waals surface area contributed by atoms with Crippen molar-refractivity contribution >= 4 is 0 Å². The van der Waals surface area contributed by atoms with Gasteiger partial charge in [-0.3, -0.25) is 0 Å². The Labute approximate surface area is 78.0 Å². The number of rotatable bonds is 0. The summed E-state index contributed by atoms with van der Waals surface area (Å²) in [5, 5.41) is 0. The van der Waals surface area contributed by atoms with Crippen molar-refractivity contribution in [2.24, 2.45) is 0 Å². The summed E-state index contributed by atoms with van der Waals surface area (Å²) in [7, 11) is 0. The van der Waals surface area contributed by atoms with Crippen molar-refractivity contribution in [3.8, 4) is 0 Å². The molecule has 0 nitrogen and oxygen atoms in total. The van der Waals surface area contributed by atoms with Crippen molar-refractivity contribution in [1.29, 1.82) is 0 Å². The van der Waals surface area contributed by atoms with Gasteiger partial charge in [-0.2, -0.15) is 18.2 Å². The van der Waals surface area contributed by atoms with Crippen molar-refractivity contribution in [2.75, 3.05) is 0 Å². The molecule has 0 radical (unpaired) electrons. The predicted octanol–water partition coefficient (Wildman–Crippen LogP) is -1.26. The summed E-state index contributed by atoms with van der Waals surface area (Å²) in [5.41, 5.74) is 0. The monoisotopic (exact) mass is 166 g/mol. The Morgan fingerprint density at radius 3 is 2.33 bits per heavy atom. The summed E-state index contributed by atoms with van der Waals surface area (Å²) in [5.74, 6) is -0.303. The average molecular weight is 167 g/mol. The van der Waals surface area contributed by atoms with Gasteiger partial charge in [0.25, 0.3) is 0 Å². The van der Waals surface area contributed by atoms with E-state index in [-0.39, 0.29) is 43.2 Å². The summed E-state index contributed by atoms with van der Waals surface area (Å²) in [6.45, 7) is 0. The second-order valence-corrected chi connectivity index (χ2v) is 1.21. The molecule has 1 aromatic rings. The first-order valence-electron chi connectivity index (χ1n) is 2.02. The van der Waals surface area contributed by atoms with Crippen molar-refractivity contribution in [1.82, 2.24) is 0 Å². The van der Waals surface area contributed by atoms with Gasteiger partial charge < -0.3 is 1.43 Å². The van der Waals surface area contributed by atoms with E-state index < -0.39 is 0 Å². The fraction of sp³-hybridized carbons (Fsp3) is 0. The van der Waals surface area contributed by atoms with Crippen molar-refractivity contribution in [3.05, 3.63) is 36.1 Å². The fourth-order valence-electron chi connectivity index (χ4n) is 0.371. The van der Waals surface area contributed by atoms with Gasteiger partial charge in [-0.1, -0.05) is 0 Å². The van der Waals surface area contributed by atoms with E-state index in [2.05, 4.69) is 6.07 Å². The summed E-state index contributed by atoms with van der Waals surface area (Å²) < 4.78 is 11.9. The largest absolute Gasteiger partial charge is 1.00 e. The van der Waals surface area contributed by atoms with Gasteiger partial charge in [0.2, 0.25) is 0 Å². The van der Waals surface area contributed by atoms with Crippen molar-refractivity contribution < 1.29 is 41.7 Å². The van der Waals surface area contributed by atoms with Gasteiger partial charge in [0.05, 0.1) is 0 Å². The third-order valence-corrected chi connectivity index (χ3v) is 0.671. The summed E-state index contributed by atoms with van der Waals surface area (Å²) in [6, 6.07) is 8.62. The number of halogens is 1. The van der Waals surface area contributed by atoms with Gasteiger partial charge in [-0.25, -0.2) is 4.39 Å². The summed E-state index contributed by atoms with van der Waals surface area (Å²) in [4.78, 5) is 0. The Kier molecular flexibility index (Phi) is 8.51. The minimum Gasteiger partial charge on any atom is -1.00 e. The molecule has 48 valence electrons. The Bertz CT molecular complexity index is 148. The van der Waals surface area contributed by atoms with Crippen LogP contribution in [0.5, 0.6) is 0 Å². The zero-order valence-electron chi connectivity index (χ0n) is 5.99. The van der Waals surface area contributed by atoms with Crippen LogP contribution in [-0.4, -0.2) is 0 Å². The van der Waals surface area contributed by atoms with Crippen LogP contribution in [0.1, 0.15) is 1.43 Å². The first-order valence-corrected chi connectivity index (χ1v) is 2.02. The van der Waals surface area contributed by atoms with Crippen molar-refractivity contribution in [3.63, 3.8) is 0 Å². The van der Waals surface area contributed by atoms with E-state index in [0.717, 1.165) is 0 Å². The molecule has 9 heavy (non-hydrogen) atoms. The van der Waals surface area contributed by atoms with E-state index in [4.69, 9.17) is 0 Å². The first kappa shape index (κ1) is 12.0. The molecule has 0 unspecified atom stereocenters. The van der Waals surface area contributed by atoms with E-state index in [0.29, 0.717) is 0 Å². The Morgan fingerprint density at radius 2 is 2.11 bits per heavy atom. The molecule has 3 heteroatoms. The van der Waals surface area contributed by atoms with Crippen LogP contribution in [0.2, 0.25) is 0 Å². The Hall–Kier alpha value is 0.267. The van der Waals surface area contributed by atoms with Crippen LogP contribution in [0.3, 0.4) is 0 Å². The molecule has 0 spiro atoms. The van der Waals surface area contributed by atoms with E-state index in [1.165, 1.54) is 12.1 Å². The second-order valence-electron chi connectivity index (χ2n) is 1.21. The first-order chi connectivity index (χ1) is 3.39. The minimum atomic E-state index is -0.303. The summed E-state index contributed by atoms with van der Waals surface area (Å²) in [6.07, 6.45) is 0. The van der Waals surface area contributed by atoms with Crippen LogP contribution in [0, 0.1) is 11.9 Å². The van der Waals surface area contributed by atoms with Gasteiger partial charge in [0.15, 0.2) is 0 Å². The molecule has 0 bridgehead atoms. The molecule has 0 amide bonds. The molecule has 0 aliphatic heterocycles. The van der Waals surface area contributed by atoms with E-state index in [1.54, 1.807) is 12.1 Å². The smallest absolute Gasteiger partial charge is 1.00 e. The van der Waals surface area contributed by atoms with Crippen LogP contribution in [0.25, 0.3) is 0 Å². The molecule has 0 N–H and O–H groups in total. The third kappa shape index (κ3) is 4.75. The molecule has 0 fully saturated rings. The molecule has 1 rings (SSSR count). The third-order valence-electron chi connectivity index (χ3n) is 0.671. The topological polar surface area (TPSA) is 0 Å². The quantitative estimate of drug-likeness (QED) is 0.334. The van der Waals surface area contributed by atoms with Crippen LogP contribution in [0.4, 0.5) is 4.39 Å². The Balaban J connectivity index is -0.000000163. The molecule has 0 aliphatic rings. The molecule has 0 saturated carbocycles. The van der Waals surface area contributed by atoms with Crippen LogP contribution in [0.15, 0.2) is 24.3 Å². The van der Waals surface area contributed by atoms with Crippen LogP contribution in [-0.2, 0) is 17.1 Å². The van der Waals surface area contributed by atoms with Gasteiger partial charge in [0.1, 0.15) is 0 Å². The van der Waals surface area contributed by atoms with E-state index in [9.17, 15) is 4.39 Å². The Morgan fingerprint density at radius 1 is 1.44 bits per heavy atom. The summed E-state index contributed by atoms with van der Waals surface area (Å²) >= 11 is 0. The number of hydrogen-bond acceptors (Lipinski definition) is 0.